The highest BCUT2D eigenvalue weighted by molar-refractivity contribution is 5.98. The molecule has 0 radical (unpaired) electrons. The third-order valence-electron chi connectivity index (χ3n) is 7.40. The van der Waals surface area contributed by atoms with Gasteiger partial charge in [0.15, 0.2) is 17.2 Å². The van der Waals surface area contributed by atoms with Gasteiger partial charge in [0.2, 0.25) is 6.79 Å². The summed E-state index contributed by atoms with van der Waals surface area (Å²) in [4.78, 5) is 42.1. The van der Waals surface area contributed by atoms with Gasteiger partial charge in [-0.2, -0.15) is 0 Å². The highest BCUT2D eigenvalue weighted by Gasteiger charge is 2.34. The summed E-state index contributed by atoms with van der Waals surface area (Å²) in [5, 5.41) is 2.62. The maximum absolute atomic E-state index is 13.5. The number of nitrogens with zero attached hydrogens (tertiary/aromatic N) is 1. The first-order chi connectivity index (χ1) is 23.3. The van der Waals surface area contributed by atoms with Gasteiger partial charge in [-0.05, 0) is 77.3 Å². The maximum Gasteiger partial charge on any atom is 0.328 e. The molecule has 12 heteroatoms. The van der Waals surface area contributed by atoms with Crippen LogP contribution in [0.4, 0.5) is 0 Å². The zero-order chi connectivity index (χ0) is 36.0. The summed E-state index contributed by atoms with van der Waals surface area (Å²) in [5.41, 5.74) is 0.553. The van der Waals surface area contributed by atoms with Crippen molar-refractivity contribution in [1.29, 1.82) is 0 Å². The minimum Gasteiger partial charge on any atom is -0.497 e. The summed E-state index contributed by atoms with van der Waals surface area (Å²) in [6.45, 7) is 10.5. The van der Waals surface area contributed by atoms with E-state index in [4.69, 9.17) is 33.2 Å². The van der Waals surface area contributed by atoms with E-state index < -0.39 is 42.9 Å². The molecular formula is C37H48N2O10. The number of para-hydroxylation sites is 1. The summed E-state index contributed by atoms with van der Waals surface area (Å²) in [6, 6.07) is 17.6. The molecule has 0 saturated carbocycles. The molecule has 0 aliphatic heterocycles. The van der Waals surface area contributed by atoms with Crippen molar-refractivity contribution >= 4 is 17.8 Å². The minimum atomic E-state index is -1.08. The van der Waals surface area contributed by atoms with E-state index in [2.05, 4.69) is 10.3 Å². The summed E-state index contributed by atoms with van der Waals surface area (Å²) in [7, 11) is 3.01. The lowest BCUT2D eigenvalue weighted by atomic mass is 9.88. The van der Waals surface area contributed by atoms with Crippen LogP contribution in [-0.2, 0) is 30.2 Å². The van der Waals surface area contributed by atoms with Gasteiger partial charge in [-0.3, -0.25) is 9.59 Å². The van der Waals surface area contributed by atoms with E-state index in [9.17, 15) is 14.4 Å². The summed E-state index contributed by atoms with van der Waals surface area (Å²) < 4.78 is 39.6. The lowest BCUT2D eigenvalue weighted by Gasteiger charge is -2.33. The molecule has 0 saturated heterocycles. The van der Waals surface area contributed by atoms with Crippen molar-refractivity contribution in [3.63, 3.8) is 0 Å². The number of esters is 2. The standard InChI is InChI=1S/C37H48N2O10/c1-24(39-35(41)32-34(46-23-45-26(3)40)31(44-8)18-20-38-32)36(42)48-25(2)33(49-30-12-10-9-11-13-30)28(19-21-47-37(4,5)6)22-27-14-16-29(43-7)17-15-27/h9-18,20,24-25,28,33H,19,21-23H2,1-8H3,(H,39,41)/t24-,25-,28+,33-/m0/s1. The Balaban J connectivity index is 1.82. The van der Waals surface area contributed by atoms with Crippen LogP contribution in [0.3, 0.4) is 0 Å². The Bertz CT molecular complexity index is 1490. The second-order valence-electron chi connectivity index (χ2n) is 12.4. The van der Waals surface area contributed by atoms with Crippen LogP contribution < -0.4 is 24.3 Å². The van der Waals surface area contributed by atoms with Crippen molar-refractivity contribution in [2.24, 2.45) is 5.92 Å². The number of hydrogen-bond acceptors (Lipinski definition) is 11. The molecule has 12 nitrogen and oxygen atoms in total. The number of amides is 1. The van der Waals surface area contributed by atoms with Gasteiger partial charge in [-0.1, -0.05) is 30.3 Å². The summed E-state index contributed by atoms with van der Waals surface area (Å²) >= 11 is 0. The van der Waals surface area contributed by atoms with E-state index in [1.54, 1.807) is 14.0 Å². The highest BCUT2D eigenvalue weighted by atomic mass is 16.7. The van der Waals surface area contributed by atoms with Crippen LogP contribution in [0.25, 0.3) is 0 Å². The molecule has 1 amide bonds. The average molecular weight is 681 g/mol. The van der Waals surface area contributed by atoms with Crippen LogP contribution in [0.2, 0.25) is 0 Å². The number of carbonyl (C=O) groups is 3. The van der Waals surface area contributed by atoms with Gasteiger partial charge in [-0.15, -0.1) is 0 Å². The van der Waals surface area contributed by atoms with Gasteiger partial charge in [0.1, 0.15) is 29.7 Å². The molecule has 4 atom stereocenters. The average Bonchev–Trinajstić information content (AvgIpc) is 3.06. The lowest BCUT2D eigenvalue weighted by molar-refractivity contribution is -0.156. The topological polar surface area (TPSA) is 141 Å². The summed E-state index contributed by atoms with van der Waals surface area (Å²) in [6.07, 6.45) is 1.27. The van der Waals surface area contributed by atoms with Gasteiger partial charge >= 0.3 is 11.9 Å². The molecule has 266 valence electrons. The van der Waals surface area contributed by atoms with E-state index >= 15 is 0 Å². The molecule has 0 bridgehead atoms. The van der Waals surface area contributed by atoms with E-state index in [-0.39, 0.29) is 28.7 Å². The van der Waals surface area contributed by atoms with Crippen LogP contribution in [0.5, 0.6) is 23.0 Å². The Kier molecular flexibility index (Phi) is 14.7. The molecule has 0 aliphatic rings. The molecule has 0 unspecified atom stereocenters. The Morgan fingerprint density at radius 1 is 0.898 bits per heavy atom. The first kappa shape index (κ1) is 38.6. The molecule has 1 heterocycles. The van der Waals surface area contributed by atoms with E-state index in [1.165, 1.54) is 33.2 Å². The normalized spacial score (nSPS) is 13.6. The smallest absolute Gasteiger partial charge is 0.328 e. The van der Waals surface area contributed by atoms with Crippen molar-refractivity contribution in [3.05, 3.63) is 78.1 Å². The predicted molar refractivity (Wildman–Crippen MR) is 182 cm³/mol. The Labute approximate surface area is 288 Å². The number of carbonyl (C=O) groups excluding carboxylic acids is 3. The fourth-order valence-electron chi connectivity index (χ4n) is 4.93. The molecule has 3 rings (SSSR count). The number of pyridine rings is 1. The van der Waals surface area contributed by atoms with Crippen LogP contribution >= 0.6 is 0 Å². The predicted octanol–water partition coefficient (Wildman–Crippen LogP) is 5.56. The molecule has 49 heavy (non-hydrogen) atoms. The molecule has 0 fully saturated rings. The monoisotopic (exact) mass is 680 g/mol. The van der Waals surface area contributed by atoms with Crippen LogP contribution in [0.1, 0.15) is 64.0 Å². The number of benzene rings is 2. The Morgan fingerprint density at radius 3 is 2.20 bits per heavy atom. The second-order valence-corrected chi connectivity index (χ2v) is 12.4. The minimum absolute atomic E-state index is 0.0483. The number of nitrogens with one attached hydrogen (secondary N) is 1. The van der Waals surface area contributed by atoms with E-state index in [0.717, 1.165) is 11.3 Å². The van der Waals surface area contributed by atoms with Crippen LogP contribution in [0.15, 0.2) is 66.9 Å². The molecule has 0 aliphatic carbocycles. The SMILES string of the molecule is COc1ccc(C[C@@H](CCOC(C)(C)C)[C@@H](Oc2ccccc2)[C@H](C)OC(=O)[C@H](C)NC(=O)c2nccc(OC)c2OCOC(C)=O)cc1. The van der Waals surface area contributed by atoms with Crippen LogP contribution in [0, 0.1) is 5.92 Å². The highest BCUT2D eigenvalue weighted by Crippen LogP contribution is 2.30. The molecule has 2 aromatic carbocycles. The van der Waals surface area contributed by atoms with Gasteiger partial charge in [0.05, 0.1) is 19.8 Å². The Hall–Kier alpha value is -4.84. The number of ether oxygens (including phenoxy) is 7. The van der Waals surface area contributed by atoms with Gasteiger partial charge in [0.25, 0.3) is 5.91 Å². The van der Waals surface area contributed by atoms with Gasteiger partial charge in [0, 0.05) is 31.7 Å². The zero-order valence-electron chi connectivity index (χ0n) is 29.5. The molecule has 1 aromatic heterocycles. The lowest BCUT2D eigenvalue weighted by Crippen LogP contribution is -2.46. The third-order valence-corrected chi connectivity index (χ3v) is 7.40. The zero-order valence-corrected chi connectivity index (χ0v) is 29.5. The first-order valence-electron chi connectivity index (χ1n) is 16.1. The number of hydrogen-bond donors (Lipinski definition) is 1. The van der Waals surface area contributed by atoms with Crippen molar-refractivity contribution in [1.82, 2.24) is 10.3 Å². The number of methoxy groups -OCH3 is 2. The molecule has 1 N–H and O–H groups in total. The fraction of sp³-hybridized carbons (Fsp3) is 0.459. The number of rotatable bonds is 18. The largest absolute Gasteiger partial charge is 0.497 e. The van der Waals surface area contributed by atoms with Crippen molar-refractivity contribution in [2.75, 3.05) is 27.6 Å². The van der Waals surface area contributed by atoms with Gasteiger partial charge in [-0.25, -0.2) is 9.78 Å². The summed E-state index contributed by atoms with van der Waals surface area (Å²) in [5.74, 6) is -0.589. The Morgan fingerprint density at radius 2 is 1.59 bits per heavy atom. The van der Waals surface area contributed by atoms with Gasteiger partial charge < -0.3 is 38.5 Å². The number of aromatic nitrogens is 1. The molecule has 3 aromatic rings. The van der Waals surface area contributed by atoms with E-state index in [0.29, 0.717) is 25.2 Å². The quantitative estimate of drug-likeness (QED) is 0.133. The van der Waals surface area contributed by atoms with Crippen molar-refractivity contribution in [3.8, 4) is 23.0 Å². The fourth-order valence-corrected chi connectivity index (χ4v) is 4.93. The second kappa shape index (κ2) is 18.6. The van der Waals surface area contributed by atoms with E-state index in [1.807, 2.05) is 75.4 Å². The van der Waals surface area contributed by atoms with Crippen molar-refractivity contribution in [2.45, 2.75) is 78.2 Å². The first-order valence-corrected chi connectivity index (χ1v) is 16.1. The van der Waals surface area contributed by atoms with Crippen molar-refractivity contribution < 1.29 is 47.5 Å². The third kappa shape index (κ3) is 12.6. The van der Waals surface area contributed by atoms with Crippen LogP contribution in [-0.4, -0.2) is 74.3 Å². The molecule has 0 spiro atoms. The molecular weight excluding hydrogens is 632 g/mol. The maximum atomic E-state index is 13.5.